The molecule has 7 nitrogen and oxygen atoms in total. The van der Waals surface area contributed by atoms with Gasteiger partial charge >= 0.3 is 0 Å². The monoisotopic (exact) mass is 427 g/mol. The topological polar surface area (TPSA) is 73.0 Å². The Morgan fingerprint density at radius 3 is 2.34 bits per heavy atom. The molecule has 2 aromatic heterocycles. The van der Waals surface area contributed by atoms with Gasteiger partial charge in [-0.25, -0.2) is 9.67 Å². The van der Waals surface area contributed by atoms with Crippen LogP contribution in [0, 0.1) is 5.92 Å². The highest BCUT2D eigenvalue weighted by atomic mass is 16.2. The largest absolute Gasteiger partial charge is 0.337 e. The van der Waals surface area contributed by atoms with Crippen LogP contribution in [0.1, 0.15) is 28.9 Å². The van der Waals surface area contributed by atoms with Crippen molar-refractivity contribution in [2.24, 2.45) is 13.0 Å². The number of benzene rings is 2. The van der Waals surface area contributed by atoms with E-state index in [9.17, 15) is 9.59 Å². The number of likely N-dealkylation sites (tertiary alicyclic amines) is 1. The number of carbonyl (C=O) groups excluding carboxylic acids is 1. The first-order valence-corrected chi connectivity index (χ1v) is 10.9. The van der Waals surface area contributed by atoms with Gasteiger partial charge in [0.15, 0.2) is 11.2 Å². The summed E-state index contributed by atoms with van der Waals surface area (Å²) < 4.78 is 2.95. The van der Waals surface area contributed by atoms with Gasteiger partial charge in [0.25, 0.3) is 11.5 Å². The molecular weight excluding hydrogens is 402 g/mol. The molecule has 0 bridgehead atoms. The summed E-state index contributed by atoms with van der Waals surface area (Å²) >= 11 is 0. The summed E-state index contributed by atoms with van der Waals surface area (Å²) in [4.78, 5) is 32.6. The van der Waals surface area contributed by atoms with Crippen molar-refractivity contribution in [3.8, 4) is 5.69 Å². The van der Waals surface area contributed by atoms with Crippen molar-refractivity contribution in [3.63, 3.8) is 0 Å². The highest BCUT2D eigenvalue weighted by Gasteiger charge is 2.29. The Balaban J connectivity index is 1.42. The van der Waals surface area contributed by atoms with Crippen LogP contribution in [-0.2, 0) is 13.5 Å². The Labute approximate surface area is 185 Å². The number of rotatable bonds is 4. The fourth-order valence-corrected chi connectivity index (χ4v) is 4.43. The van der Waals surface area contributed by atoms with Crippen LogP contribution in [-0.4, -0.2) is 43.2 Å². The molecule has 32 heavy (non-hydrogen) atoms. The third-order valence-corrected chi connectivity index (χ3v) is 6.22. The van der Waals surface area contributed by atoms with Gasteiger partial charge in [0, 0.05) is 20.1 Å². The van der Waals surface area contributed by atoms with Crippen LogP contribution in [0.4, 0.5) is 0 Å². The predicted octanol–water partition coefficient (Wildman–Crippen LogP) is 3.21. The minimum atomic E-state index is -0.230. The number of amides is 1. The third-order valence-electron chi connectivity index (χ3n) is 6.22. The van der Waals surface area contributed by atoms with Crippen LogP contribution in [0.2, 0.25) is 0 Å². The number of nitrogens with zero attached hydrogens (tertiary/aromatic N) is 5. The quantitative estimate of drug-likeness (QED) is 0.501. The number of carbonyl (C=O) groups is 1. The lowest BCUT2D eigenvalue weighted by atomic mass is 9.90. The summed E-state index contributed by atoms with van der Waals surface area (Å²) in [6, 6.07) is 19.9. The molecule has 0 spiro atoms. The number of piperidine rings is 1. The van der Waals surface area contributed by atoms with Gasteiger partial charge in [0.1, 0.15) is 5.52 Å². The average Bonchev–Trinajstić information content (AvgIpc) is 3.23. The maximum Gasteiger partial charge on any atom is 0.279 e. The zero-order valence-corrected chi connectivity index (χ0v) is 18.0. The van der Waals surface area contributed by atoms with Gasteiger partial charge in [0.05, 0.1) is 12.0 Å². The summed E-state index contributed by atoms with van der Waals surface area (Å²) in [5, 5.41) is 4.57. The first-order chi connectivity index (χ1) is 15.6. The zero-order valence-electron chi connectivity index (χ0n) is 18.0. The van der Waals surface area contributed by atoms with Gasteiger partial charge in [-0.1, -0.05) is 48.5 Å². The molecule has 2 aromatic carbocycles. The van der Waals surface area contributed by atoms with E-state index < -0.39 is 0 Å². The van der Waals surface area contributed by atoms with Gasteiger partial charge in [-0.05, 0) is 42.9 Å². The Bertz CT molecular complexity index is 1300. The number of para-hydroxylation sites is 1. The van der Waals surface area contributed by atoms with Crippen LogP contribution in [0.3, 0.4) is 0 Å². The van der Waals surface area contributed by atoms with E-state index >= 15 is 0 Å². The van der Waals surface area contributed by atoms with Crippen LogP contribution in [0.25, 0.3) is 16.7 Å². The van der Waals surface area contributed by atoms with Gasteiger partial charge in [-0.15, -0.1) is 0 Å². The molecule has 0 radical (unpaired) electrons. The van der Waals surface area contributed by atoms with Crippen molar-refractivity contribution in [2.45, 2.75) is 19.3 Å². The summed E-state index contributed by atoms with van der Waals surface area (Å²) in [6.45, 7) is 1.36. The SMILES string of the molecule is Cn1cnc2c(C(=O)N3CCC(Cc4ccccc4)CC3)nn(-c3ccccc3)c2c1=O. The number of aryl methyl sites for hydroxylation is 1. The van der Waals surface area contributed by atoms with Gasteiger partial charge in [0.2, 0.25) is 0 Å². The van der Waals surface area contributed by atoms with Crippen molar-refractivity contribution in [3.05, 3.63) is 88.6 Å². The number of hydrogen-bond acceptors (Lipinski definition) is 4. The fraction of sp³-hybridized carbons (Fsp3) is 0.280. The predicted molar refractivity (Wildman–Crippen MR) is 123 cm³/mol. The number of fused-ring (bicyclic) bond motifs is 1. The Kier molecular flexibility index (Phi) is 5.31. The first kappa shape index (κ1) is 20.2. The molecule has 3 heterocycles. The molecule has 0 N–H and O–H groups in total. The van der Waals surface area contributed by atoms with E-state index in [2.05, 4.69) is 34.3 Å². The number of hydrogen-bond donors (Lipinski definition) is 0. The normalized spacial score (nSPS) is 14.7. The summed E-state index contributed by atoms with van der Waals surface area (Å²) in [6.07, 6.45) is 4.39. The third kappa shape index (κ3) is 3.70. The van der Waals surface area contributed by atoms with E-state index in [0.29, 0.717) is 30.0 Å². The van der Waals surface area contributed by atoms with Gasteiger partial charge < -0.3 is 9.47 Å². The highest BCUT2D eigenvalue weighted by Crippen LogP contribution is 2.25. The van der Waals surface area contributed by atoms with Gasteiger partial charge in [-0.2, -0.15) is 5.10 Å². The summed E-state index contributed by atoms with van der Waals surface area (Å²) in [7, 11) is 1.65. The molecule has 5 rings (SSSR count). The van der Waals surface area contributed by atoms with Crippen LogP contribution < -0.4 is 5.56 Å². The minimum absolute atomic E-state index is 0.163. The Morgan fingerprint density at radius 2 is 1.66 bits per heavy atom. The molecule has 0 atom stereocenters. The summed E-state index contributed by atoms with van der Waals surface area (Å²) in [5.74, 6) is 0.397. The number of aromatic nitrogens is 4. The van der Waals surface area contributed by atoms with E-state index in [1.807, 2.05) is 41.3 Å². The highest BCUT2D eigenvalue weighted by molar-refractivity contribution is 6.03. The van der Waals surface area contributed by atoms with E-state index in [4.69, 9.17) is 0 Å². The molecule has 1 amide bonds. The average molecular weight is 428 g/mol. The molecule has 1 aliphatic heterocycles. The van der Waals surface area contributed by atoms with E-state index in [1.165, 1.54) is 16.5 Å². The molecule has 1 aliphatic rings. The van der Waals surface area contributed by atoms with Crippen molar-refractivity contribution in [2.75, 3.05) is 13.1 Å². The maximum absolute atomic E-state index is 13.4. The standard InChI is InChI=1S/C25H25N5O2/c1-28-17-26-21-22(27-30(23(21)25(28)32)20-10-6-3-7-11-20)24(31)29-14-12-19(13-15-29)16-18-8-4-2-5-9-18/h2-11,17,19H,12-16H2,1H3. The van der Waals surface area contributed by atoms with Crippen molar-refractivity contribution >= 4 is 16.9 Å². The fourth-order valence-electron chi connectivity index (χ4n) is 4.43. The molecule has 0 unspecified atom stereocenters. The van der Waals surface area contributed by atoms with Crippen LogP contribution >= 0.6 is 0 Å². The minimum Gasteiger partial charge on any atom is -0.337 e. The van der Waals surface area contributed by atoms with E-state index in [-0.39, 0.29) is 17.2 Å². The lowest BCUT2D eigenvalue weighted by Crippen LogP contribution is -2.39. The molecule has 0 saturated carbocycles. The van der Waals surface area contributed by atoms with E-state index in [0.717, 1.165) is 24.9 Å². The zero-order chi connectivity index (χ0) is 22.1. The molecular formula is C25H25N5O2. The first-order valence-electron chi connectivity index (χ1n) is 10.9. The van der Waals surface area contributed by atoms with Crippen molar-refractivity contribution < 1.29 is 4.79 Å². The molecule has 4 aromatic rings. The second-order valence-electron chi connectivity index (χ2n) is 8.38. The molecule has 1 saturated heterocycles. The second-order valence-corrected chi connectivity index (χ2v) is 8.38. The lowest BCUT2D eigenvalue weighted by molar-refractivity contribution is 0.0686. The van der Waals surface area contributed by atoms with Crippen LogP contribution in [0.15, 0.2) is 71.8 Å². The van der Waals surface area contributed by atoms with E-state index in [1.54, 1.807) is 11.7 Å². The van der Waals surface area contributed by atoms with Crippen molar-refractivity contribution in [1.82, 2.24) is 24.2 Å². The maximum atomic E-state index is 13.4. The Morgan fingerprint density at radius 1 is 1.00 bits per heavy atom. The lowest BCUT2D eigenvalue weighted by Gasteiger charge is -2.31. The summed E-state index contributed by atoms with van der Waals surface area (Å²) in [5.41, 5.74) is 2.75. The molecule has 162 valence electrons. The molecule has 1 fully saturated rings. The molecule has 0 aliphatic carbocycles. The Hall–Kier alpha value is -3.74. The molecule has 7 heteroatoms. The smallest absolute Gasteiger partial charge is 0.279 e. The van der Waals surface area contributed by atoms with Crippen molar-refractivity contribution in [1.29, 1.82) is 0 Å². The van der Waals surface area contributed by atoms with Gasteiger partial charge in [-0.3, -0.25) is 9.59 Å². The second kappa shape index (κ2) is 8.42. The van der Waals surface area contributed by atoms with Crippen LogP contribution in [0.5, 0.6) is 0 Å².